The summed E-state index contributed by atoms with van der Waals surface area (Å²) in [5, 5.41) is 2.45. The molecule has 1 N–H and O–H groups in total. The second kappa shape index (κ2) is 7.59. The van der Waals surface area contributed by atoms with Crippen LogP contribution in [0.3, 0.4) is 0 Å². The number of halogens is 4. The van der Waals surface area contributed by atoms with E-state index < -0.39 is 23.6 Å². The van der Waals surface area contributed by atoms with Gasteiger partial charge in [0.25, 0.3) is 0 Å². The quantitative estimate of drug-likeness (QED) is 0.822. The molecule has 0 radical (unpaired) electrons. The highest BCUT2D eigenvalue weighted by Gasteiger charge is 2.37. The fourth-order valence-corrected chi connectivity index (χ4v) is 3.28. The Morgan fingerprint density at radius 2 is 2.00 bits per heavy atom. The van der Waals surface area contributed by atoms with Gasteiger partial charge in [-0.3, -0.25) is 0 Å². The van der Waals surface area contributed by atoms with Crippen LogP contribution in [0.1, 0.15) is 25.3 Å². The van der Waals surface area contributed by atoms with Crippen molar-refractivity contribution >= 4 is 11.7 Å². The van der Waals surface area contributed by atoms with Crippen LogP contribution < -0.4 is 5.32 Å². The predicted octanol–water partition coefficient (Wildman–Crippen LogP) is 4.04. The van der Waals surface area contributed by atoms with Crippen molar-refractivity contribution in [3.05, 3.63) is 29.6 Å². The van der Waals surface area contributed by atoms with Crippen LogP contribution in [0.4, 0.5) is 28.0 Å². The van der Waals surface area contributed by atoms with Gasteiger partial charge < -0.3 is 15.1 Å². The predicted molar refractivity (Wildman–Crippen MR) is 87.9 cm³/mol. The molecule has 140 valence electrons. The van der Waals surface area contributed by atoms with E-state index in [1.54, 1.807) is 4.90 Å². The minimum atomic E-state index is -4.80. The molecule has 4 nitrogen and oxygen atoms in total. The second-order valence-electron chi connectivity index (χ2n) is 6.61. The summed E-state index contributed by atoms with van der Waals surface area (Å²) in [4.78, 5) is 16.1. The Morgan fingerprint density at radius 3 is 2.56 bits per heavy atom. The van der Waals surface area contributed by atoms with E-state index in [2.05, 4.69) is 17.1 Å². The van der Waals surface area contributed by atoms with Gasteiger partial charge in [-0.15, -0.1) is 0 Å². The monoisotopic (exact) mass is 361 g/mol. The molecule has 0 aliphatic carbocycles. The molecule has 0 spiro atoms. The topological polar surface area (TPSA) is 35.6 Å². The number of anilines is 1. The van der Waals surface area contributed by atoms with Crippen LogP contribution in [-0.4, -0.2) is 49.1 Å². The van der Waals surface area contributed by atoms with Gasteiger partial charge >= 0.3 is 12.2 Å². The smallest absolute Gasteiger partial charge is 0.323 e. The Morgan fingerprint density at radius 1 is 1.32 bits per heavy atom. The Kier molecular flexibility index (Phi) is 5.92. The molecule has 2 amide bonds. The summed E-state index contributed by atoms with van der Waals surface area (Å²) in [6.45, 7) is 3.14. The minimum absolute atomic E-state index is 0.0703. The summed E-state index contributed by atoms with van der Waals surface area (Å²) in [6.07, 6.45) is -2.83. The maximum Gasteiger partial charge on any atom is 0.419 e. The van der Waals surface area contributed by atoms with Gasteiger partial charge in [0.05, 0.1) is 5.56 Å². The Bertz CT molecular complexity index is 618. The van der Waals surface area contributed by atoms with Crippen molar-refractivity contribution in [2.24, 2.45) is 5.92 Å². The molecule has 25 heavy (non-hydrogen) atoms. The van der Waals surface area contributed by atoms with Crippen LogP contribution in [0, 0.1) is 11.7 Å². The lowest BCUT2D eigenvalue weighted by Gasteiger charge is -2.24. The first-order valence-corrected chi connectivity index (χ1v) is 8.22. The number of alkyl halides is 3. The summed E-state index contributed by atoms with van der Waals surface area (Å²) in [7, 11) is 3.90. The van der Waals surface area contributed by atoms with E-state index in [9.17, 15) is 22.4 Å². The van der Waals surface area contributed by atoms with Gasteiger partial charge in [-0.2, -0.15) is 13.2 Å². The average Bonchev–Trinajstić information content (AvgIpc) is 2.93. The van der Waals surface area contributed by atoms with Crippen molar-refractivity contribution in [2.75, 3.05) is 32.5 Å². The molecule has 2 atom stereocenters. The first kappa shape index (κ1) is 19.5. The van der Waals surface area contributed by atoms with Gasteiger partial charge in [0.2, 0.25) is 0 Å². The molecule has 1 aliphatic rings. The van der Waals surface area contributed by atoms with Gasteiger partial charge in [-0.05, 0) is 44.6 Å². The number of urea groups is 1. The first-order valence-electron chi connectivity index (χ1n) is 8.22. The molecule has 8 heteroatoms. The Balaban J connectivity index is 2.10. The average molecular weight is 361 g/mol. The zero-order valence-electron chi connectivity index (χ0n) is 14.5. The lowest BCUT2D eigenvalue weighted by Crippen LogP contribution is -2.37. The standard InChI is InChI=1S/C17H23F4N3O/c1-4-5-11-9-24(10-15(11)23(2)3)16(25)22-12-6-7-14(18)13(8-12)17(19,20)21/h6-8,11,15H,4-5,9-10H2,1-3H3,(H,22,25)/t11-,15-/m1/s1. The van der Waals surface area contributed by atoms with Crippen LogP contribution in [0.5, 0.6) is 0 Å². The molecule has 1 fully saturated rings. The van der Waals surface area contributed by atoms with Crippen LogP contribution >= 0.6 is 0 Å². The number of carbonyl (C=O) groups excluding carboxylic acids is 1. The lowest BCUT2D eigenvalue weighted by atomic mass is 9.98. The maximum atomic E-state index is 13.3. The third-order valence-electron chi connectivity index (χ3n) is 4.54. The van der Waals surface area contributed by atoms with E-state index >= 15 is 0 Å². The number of benzene rings is 1. The molecule has 1 aromatic rings. The molecule has 0 bridgehead atoms. The summed E-state index contributed by atoms with van der Waals surface area (Å²) < 4.78 is 51.7. The van der Waals surface area contributed by atoms with Gasteiger partial charge in [-0.1, -0.05) is 13.3 Å². The van der Waals surface area contributed by atoms with E-state index in [-0.39, 0.29) is 11.7 Å². The van der Waals surface area contributed by atoms with Crippen molar-refractivity contribution in [1.82, 2.24) is 9.80 Å². The summed E-state index contributed by atoms with van der Waals surface area (Å²) in [6, 6.07) is 2.21. The van der Waals surface area contributed by atoms with E-state index in [1.807, 2.05) is 14.1 Å². The number of likely N-dealkylation sites (tertiary alicyclic amines) is 1. The molecular formula is C17H23F4N3O. The molecule has 1 saturated heterocycles. The Labute approximate surface area is 144 Å². The van der Waals surface area contributed by atoms with Gasteiger partial charge in [0.1, 0.15) is 5.82 Å². The van der Waals surface area contributed by atoms with Crippen LogP contribution in [0.15, 0.2) is 18.2 Å². The SMILES string of the molecule is CCC[C@@H]1CN(C(=O)Nc2ccc(F)c(C(F)(F)F)c2)C[C@H]1N(C)C. The normalized spacial score (nSPS) is 21.0. The van der Waals surface area contributed by atoms with Crippen molar-refractivity contribution in [3.63, 3.8) is 0 Å². The number of carbonyl (C=O) groups is 1. The Hall–Kier alpha value is -1.83. The molecule has 1 aliphatic heterocycles. The minimum Gasteiger partial charge on any atom is -0.323 e. The van der Waals surface area contributed by atoms with E-state index in [0.29, 0.717) is 31.1 Å². The number of nitrogens with zero attached hydrogens (tertiary/aromatic N) is 2. The molecule has 1 heterocycles. The number of nitrogens with one attached hydrogen (secondary N) is 1. The van der Waals surface area contributed by atoms with Crippen molar-refractivity contribution in [2.45, 2.75) is 32.0 Å². The van der Waals surface area contributed by atoms with Crippen molar-refractivity contribution < 1.29 is 22.4 Å². The van der Waals surface area contributed by atoms with E-state index in [4.69, 9.17) is 0 Å². The first-order chi connectivity index (χ1) is 11.6. The van der Waals surface area contributed by atoms with Crippen molar-refractivity contribution in [1.29, 1.82) is 0 Å². The van der Waals surface area contributed by atoms with Crippen molar-refractivity contribution in [3.8, 4) is 0 Å². The summed E-state index contributed by atoms with van der Waals surface area (Å²) in [5.41, 5.74) is -1.46. The molecule has 1 aromatic carbocycles. The zero-order chi connectivity index (χ0) is 18.8. The number of likely N-dealkylation sites (N-methyl/N-ethyl adjacent to an activating group) is 1. The number of amides is 2. The highest BCUT2D eigenvalue weighted by Crippen LogP contribution is 2.33. The van der Waals surface area contributed by atoms with Gasteiger partial charge in [-0.25, -0.2) is 9.18 Å². The van der Waals surface area contributed by atoms with Crippen LogP contribution in [0.2, 0.25) is 0 Å². The van der Waals surface area contributed by atoms with E-state index in [0.717, 1.165) is 18.9 Å². The zero-order valence-corrected chi connectivity index (χ0v) is 14.5. The highest BCUT2D eigenvalue weighted by atomic mass is 19.4. The van der Waals surface area contributed by atoms with Gasteiger partial charge in [0, 0.05) is 24.8 Å². The maximum absolute atomic E-state index is 13.3. The number of rotatable bonds is 4. The third-order valence-corrected chi connectivity index (χ3v) is 4.54. The number of hydrogen-bond acceptors (Lipinski definition) is 2. The number of hydrogen-bond donors (Lipinski definition) is 1. The van der Waals surface area contributed by atoms with Crippen LogP contribution in [-0.2, 0) is 6.18 Å². The fourth-order valence-electron chi connectivity index (χ4n) is 3.28. The molecule has 0 aromatic heterocycles. The highest BCUT2D eigenvalue weighted by molar-refractivity contribution is 5.89. The molecule has 2 rings (SSSR count). The molecule has 0 saturated carbocycles. The fraction of sp³-hybridized carbons (Fsp3) is 0.588. The molecular weight excluding hydrogens is 338 g/mol. The largest absolute Gasteiger partial charge is 0.419 e. The third kappa shape index (κ3) is 4.62. The lowest BCUT2D eigenvalue weighted by molar-refractivity contribution is -0.139. The van der Waals surface area contributed by atoms with Gasteiger partial charge in [0.15, 0.2) is 0 Å². The van der Waals surface area contributed by atoms with E-state index in [1.165, 1.54) is 0 Å². The second-order valence-corrected chi connectivity index (χ2v) is 6.61. The van der Waals surface area contributed by atoms with Crippen LogP contribution in [0.25, 0.3) is 0 Å². The summed E-state index contributed by atoms with van der Waals surface area (Å²) >= 11 is 0. The summed E-state index contributed by atoms with van der Waals surface area (Å²) in [5.74, 6) is -1.04. The molecule has 0 unspecified atom stereocenters.